The van der Waals surface area contributed by atoms with Crippen LogP contribution < -0.4 is 11.1 Å². The summed E-state index contributed by atoms with van der Waals surface area (Å²) >= 11 is 5.65. The van der Waals surface area contributed by atoms with Crippen molar-refractivity contribution in [3.63, 3.8) is 0 Å². The summed E-state index contributed by atoms with van der Waals surface area (Å²) < 4.78 is 13.5. The molecule has 0 aliphatic rings. The van der Waals surface area contributed by atoms with Gasteiger partial charge in [-0.1, -0.05) is 18.5 Å². The monoisotopic (exact) mass is 256 g/mol. The molecule has 1 atom stereocenters. The van der Waals surface area contributed by atoms with Crippen molar-refractivity contribution in [3.05, 3.63) is 22.6 Å². The predicted octanol–water partition coefficient (Wildman–Crippen LogP) is 1.42. The van der Waals surface area contributed by atoms with Gasteiger partial charge in [0.1, 0.15) is 17.3 Å². The van der Waals surface area contributed by atoms with Gasteiger partial charge in [0.05, 0.1) is 5.56 Å². The van der Waals surface area contributed by atoms with Gasteiger partial charge in [0.25, 0.3) is 0 Å². The van der Waals surface area contributed by atoms with Crippen LogP contribution in [-0.2, 0) is 4.79 Å². The summed E-state index contributed by atoms with van der Waals surface area (Å²) in [6.07, 6.45) is 0.383. The average Bonchev–Trinajstić information content (AvgIpc) is 2.29. The van der Waals surface area contributed by atoms with Crippen molar-refractivity contribution in [2.45, 2.75) is 19.4 Å². The quantitative estimate of drug-likeness (QED) is 0.797. The van der Waals surface area contributed by atoms with Crippen molar-refractivity contribution in [3.8, 4) is 6.07 Å². The fraction of sp³-hybridized carbons (Fsp3) is 0.300. The Morgan fingerprint density at radius 1 is 1.82 bits per heavy atom. The Morgan fingerprint density at radius 2 is 2.47 bits per heavy atom. The van der Waals surface area contributed by atoms with E-state index >= 15 is 0 Å². The van der Waals surface area contributed by atoms with Crippen molar-refractivity contribution < 1.29 is 9.18 Å². The molecule has 0 aromatic carbocycles. The minimum atomic E-state index is -0.759. The number of rotatable bonds is 4. The summed E-state index contributed by atoms with van der Waals surface area (Å²) in [5, 5.41) is 11.0. The summed E-state index contributed by atoms with van der Waals surface area (Å²) in [6, 6.07) is 1.91. The number of aromatic nitrogens is 1. The normalized spacial score (nSPS) is 11.6. The summed E-state index contributed by atoms with van der Waals surface area (Å²) in [6.45, 7) is 1.71. The van der Waals surface area contributed by atoms with Gasteiger partial charge in [-0.05, 0) is 12.5 Å². The third kappa shape index (κ3) is 3.04. The van der Waals surface area contributed by atoms with Gasteiger partial charge in [-0.15, -0.1) is 0 Å². The first-order chi connectivity index (χ1) is 7.99. The third-order valence-electron chi connectivity index (χ3n) is 2.11. The molecule has 90 valence electrons. The smallest absolute Gasteiger partial charge is 0.239 e. The van der Waals surface area contributed by atoms with Crippen LogP contribution in [0, 0.1) is 17.1 Å². The molecule has 3 N–H and O–H groups in total. The van der Waals surface area contributed by atoms with Gasteiger partial charge in [0.2, 0.25) is 5.91 Å². The minimum Gasteiger partial charge on any atom is -0.368 e. The number of halogens is 2. The number of hydrogen-bond acceptors (Lipinski definition) is 4. The van der Waals surface area contributed by atoms with Gasteiger partial charge in [-0.3, -0.25) is 4.79 Å². The number of pyridine rings is 1. The molecule has 17 heavy (non-hydrogen) atoms. The lowest BCUT2D eigenvalue weighted by Crippen LogP contribution is -2.35. The first-order valence-electron chi connectivity index (χ1n) is 4.81. The highest BCUT2D eigenvalue weighted by Crippen LogP contribution is 2.20. The van der Waals surface area contributed by atoms with E-state index in [-0.39, 0.29) is 16.5 Å². The number of hydrogen-bond donors (Lipinski definition) is 2. The van der Waals surface area contributed by atoms with E-state index < -0.39 is 17.8 Å². The second-order valence-electron chi connectivity index (χ2n) is 3.28. The van der Waals surface area contributed by atoms with Gasteiger partial charge < -0.3 is 11.1 Å². The highest BCUT2D eigenvalue weighted by molar-refractivity contribution is 6.30. The van der Waals surface area contributed by atoms with Crippen LogP contribution in [0.15, 0.2) is 6.07 Å². The molecule has 0 bridgehead atoms. The summed E-state index contributed by atoms with van der Waals surface area (Å²) in [7, 11) is 0. The minimum absolute atomic E-state index is 0.0677. The molecular formula is C10H10ClFN4O. The van der Waals surface area contributed by atoms with Crippen LogP contribution in [0.3, 0.4) is 0 Å². The number of anilines is 1. The number of amides is 1. The molecule has 1 rings (SSSR count). The maximum Gasteiger partial charge on any atom is 0.239 e. The number of nitrogens with one attached hydrogen (secondary N) is 1. The molecule has 0 spiro atoms. The Hall–Kier alpha value is -1.87. The van der Waals surface area contributed by atoms with Crippen LogP contribution in [-0.4, -0.2) is 16.9 Å². The van der Waals surface area contributed by atoms with E-state index in [2.05, 4.69) is 10.3 Å². The summed E-state index contributed by atoms with van der Waals surface area (Å²) in [5.41, 5.74) is 5.03. The van der Waals surface area contributed by atoms with Gasteiger partial charge in [0.15, 0.2) is 11.6 Å². The van der Waals surface area contributed by atoms with Crippen molar-refractivity contribution in [2.24, 2.45) is 5.73 Å². The fourth-order valence-electron chi connectivity index (χ4n) is 1.19. The Labute approximate surface area is 102 Å². The molecule has 0 aliphatic heterocycles. The molecule has 0 saturated carbocycles. The molecule has 1 aromatic heterocycles. The highest BCUT2D eigenvalue weighted by atomic mass is 35.5. The van der Waals surface area contributed by atoms with Crippen LogP contribution in [0.2, 0.25) is 5.15 Å². The molecule has 1 aromatic rings. The van der Waals surface area contributed by atoms with Gasteiger partial charge in [-0.2, -0.15) is 5.26 Å². The molecule has 0 fully saturated rings. The van der Waals surface area contributed by atoms with E-state index in [0.29, 0.717) is 6.42 Å². The van der Waals surface area contributed by atoms with Crippen LogP contribution >= 0.6 is 11.6 Å². The molecular weight excluding hydrogens is 247 g/mol. The maximum absolute atomic E-state index is 13.5. The number of nitrogens with two attached hydrogens (primary N) is 1. The summed E-state index contributed by atoms with van der Waals surface area (Å²) in [5.74, 6) is -1.57. The molecule has 1 heterocycles. The Balaban J connectivity index is 3.04. The van der Waals surface area contributed by atoms with Crippen molar-refractivity contribution >= 4 is 23.3 Å². The number of carbonyl (C=O) groups excluding carboxylic acids is 1. The number of carbonyl (C=O) groups is 1. The van der Waals surface area contributed by atoms with E-state index in [9.17, 15) is 9.18 Å². The second-order valence-corrected chi connectivity index (χ2v) is 3.63. The van der Waals surface area contributed by atoms with E-state index in [1.165, 1.54) is 0 Å². The van der Waals surface area contributed by atoms with Crippen molar-refractivity contribution in [1.82, 2.24) is 4.98 Å². The Morgan fingerprint density at radius 3 is 2.94 bits per heavy atom. The van der Waals surface area contributed by atoms with Crippen LogP contribution in [0.1, 0.15) is 18.9 Å². The van der Waals surface area contributed by atoms with E-state index in [4.69, 9.17) is 22.6 Å². The molecule has 5 nitrogen and oxygen atoms in total. The van der Waals surface area contributed by atoms with Gasteiger partial charge >= 0.3 is 0 Å². The summed E-state index contributed by atoms with van der Waals surface area (Å²) in [4.78, 5) is 14.6. The van der Waals surface area contributed by atoms with Crippen LogP contribution in [0.4, 0.5) is 10.2 Å². The maximum atomic E-state index is 13.5. The zero-order chi connectivity index (χ0) is 13.0. The molecule has 0 aliphatic carbocycles. The SMILES string of the molecule is CC[C@@H](Nc1nc(Cl)c(C#N)cc1F)C(N)=O. The number of primary amides is 1. The zero-order valence-corrected chi connectivity index (χ0v) is 9.75. The first kappa shape index (κ1) is 13.2. The van der Waals surface area contributed by atoms with Crippen LogP contribution in [0.25, 0.3) is 0 Å². The third-order valence-corrected chi connectivity index (χ3v) is 2.40. The lowest BCUT2D eigenvalue weighted by Gasteiger charge is -2.14. The lowest BCUT2D eigenvalue weighted by atomic mass is 10.2. The lowest BCUT2D eigenvalue weighted by molar-refractivity contribution is -0.118. The van der Waals surface area contributed by atoms with Crippen LogP contribution in [0.5, 0.6) is 0 Å². The molecule has 0 radical (unpaired) electrons. The van der Waals surface area contributed by atoms with E-state index in [1.54, 1.807) is 13.0 Å². The largest absolute Gasteiger partial charge is 0.368 e. The number of nitrogens with zero attached hydrogens (tertiary/aromatic N) is 2. The topological polar surface area (TPSA) is 91.8 Å². The Bertz CT molecular complexity index is 486. The highest BCUT2D eigenvalue weighted by Gasteiger charge is 2.17. The molecule has 0 saturated heterocycles. The van der Waals surface area contributed by atoms with Crippen molar-refractivity contribution in [2.75, 3.05) is 5.32 Å². The van der Waals surface area contributed by atoms with E-state index in [1.807, 2.05) is 0 Å². The van der Waals surface area contributed by atoms with Gasteiger partial charge in [-0.25, -0.2) is 9.37 Å². The predicted molar refractivity (Wildman–Crippen MR) is 60.8 cm³/mol. The average molecular weight is 257 g/mol. The fourth-order valence-corrected chi connectivity index (χ4v) is 1.37. The molecule has 1 amide bonds. The standard InChI is InChI=1S/C10H10ClFN4O/c1-2-7(9(14)17)15-10-6(12)3-5(4-13)8(11)16-10/h3,7H,2H2,1H3,(H2,14,17)(H,15,16)/t7-/m1/s1. The molecule has 7 heteroatoms. The zero-order valence-electron chi connectivity index (χ0n) is 9.00. The number of nitriles is 1. The second kappa shape index (κ2) is 5.46. The van der Waals surface area contributed by atoms with Crippen molar-refractivity contribution in [1.29, 1.82) is 5.26 Å². The first-order valence-corrected chi connectivity index (χ1v) is 5.19. The Kier molecular flexibility index (Phi) is 4.24. The van der Waals surface area contributed by atoms with E-state index in [0.717, 1.165) is 6.07 Å². The molecule has 0 unspecified atom stereocenters. The van der Waals surface area contributed by atoms with Gasteiger partial charge in [0, 0.05) is 0 Å².